The van der Waals surface area contributed by atoms with Crippen molar-refractivity contribution >= 4 is 17.9 Å². The molecule has 0 heterocycles. The fraction of sp³-hybridized carbons (Fsp3) is 0.759. The fourth-order valence-electron chi connectivity index (χ4n) is 3.77. The molecule has 36 heavy (non-hydrogen) atoms. The molecule has 0 aliphatic carbocycles. The molecule has 0 rings (SSSR count). The van der Waals surface area contributed by atoms with Crippen molar-refractivity contribution in [3.8, 4) is 0 Å². The van der Waals surface area contributed by atoms with Crippen LogP contribution in [-0.4, -0.2) is 49.4 Å². The standard InChI is InChI=1S/C29H50O7/c1-4-7-8-9-10-11-12-13-14-15-16-17-18-19-20-21-28(33)36-25-29(22-30,23-34-26(31)5-2)24-35-27(32)6-3/h5-6,30H,2-4,7-25H2,1H3. The molecule has 1 N–H and O–H groups in total. The molecule has 0 aromatic rings. The maximum absolute atomic E-state index is 12.2. The van der Waals surface area contributed by atoms with Gasteiger partial charge in [0.05, 0.1) is 12.0 Å². The second-order valence-corrected chi connectivity index (χ2v) is 9.64. The number of unbranched alkanes of at least 4 members (excludes halogenated alkanes) is 14. The summed E-state index contributed by atoms with van der Waals surface area (Å²) < 4.78 is 15.3. The van der Waals surface area contributed by atoms with E-state index in [9.17, 15) is 19.5 Å². The minimum atomic E-state index is -1.25. The summed E-state index contributed by atoms with van der Waals surface area (Å²) in [5.41, 5.74) is -1.25. The van der Waals surface area contributed by atoms with Gasteiger partial charge in [-0.3, -0.25) is 4.79 Å². The van der Waals surface area contributed by atoms with Crippen LogP contribution in [-0.2, 0) is 28.6 Å². The molecule has 0 aromatic carbocycles. The summed E-state index contributed by atoms with van der Waals surface area (Å²) in [6, 6.07) is 0. The highest BCUT2D eigenvalue weighted by Crippen LogP contribution is 2.20. The van der Waals surface area contributed by atoms with E-state index >= 15 is 0 Å². The van der Waals surface area contributed by atoms with Crippen LogP contribution in [0, 0.1) is 5.41 Å². The highest BCUT2D eigenvalue weighted by molar-refractivity contribution is 5.81. The van der Waals surface area contributed by atoms with Crippen molar-refractivity contribution in [2.45, 2.75) is 110 Å². The smallest absolute Gasteiger partial charge is 0.330 e. The van der Waals surface area contributed by atoms with Crippen molar-refractivity contribution in [1.82, 2.24) is 0 Å². The third-order valence-corrected chi connectivity index (χ3v) is 6.23. The lowest BCUT2D eigenvalue weighted by atomic mass is 9.92. The Morgan fingerprint density at radius 3 is 1.36 bits per heavy atom. The lowest BCUT2D eigenvalue weighted by Crippen LogP contribution is -2.42. The Morgan fingerprint density at radius 2 is 1.00 bits per heavy atom. The Morgan fingerprint density at radius 1 is 0.639 bits per heavy atom. The van der Waals surface area contributed by atoms with Crippen molar-refractivity contribution in [3.05, 3.63) is 25.3 Å². The van der Waals surface area contributed by atoms with Gasteiger partial charge in [-0.05, 0) is 6.42 Å². The maximum Gasteiger partial charge on any atom is 0.330 e. The first-order valence-electron chi connectivity index (χ1n) is 13.8. The van der Waals surface area contributed by atoms with Crippen molar-refractivity contribution < 1.29 is 33.7 Å². The van der Waals surface area contributed by atoms with E-state index in [-0.39, 0.29) is 26.2 Å². The third-order valence-electron chi connectivity index (χ3n) is 6.23. The SMILES string of the molecule is C=CC(=O)OCC(CO)(COC(=O)C=C)COC(=O)CCCCCCCCCCCCCCCCC. The molecule has 0 amide bonds. The zero-order valence-corrected chi connectivity index (χ0v) is 22.6. The second kappa shape index (κ2) is 23.3. The van der Waals surface area contributed by atoms with E-state index in [1.54, 1.807) is 0 Å². The molecule has 0 aromatic heterocycles. The van der Waals surface area contributed by atoms with Gasteiger partial charge in [0.1, 0.15) is 19.8 Å². The van der Waals surface area contributed by atoms with E-state index in [1.165, 1.54) is 77.0 Å². The van der Waals surface area contributed by atoms with Gasteiger partial charge in [-0.25, -0.2) is 9.59 Å². The molecule has 0 spiro atoms. The number of ether oxygens (including phenoxy) is 3. The number of hydrogen-bond acceptors (Lipinski definition) is 7. The molecule has 208 valence electrons. The first kappa shape index (κ1) is 33.8. The van der Waals surface area contributed by atoms with Crippen LogP contribution in [0.3, 0.4) is 0 Å². The van der Waals surface area contributed by atoms with Gasteiger partial charge < -0.3 is 19.3 Å². The molecule has 0 bridgehead atoms. The molecule has 7 nitrogen and oxygen atoms in total. The summed E-state index contributed by atoms with van der Waals surface area (Å²) in [7, 11) is 0. The number of carbonyl (C=O) groups is 3. The van der Waals surface area contributed by atoms with Crippen molar-refractivity contribution in [3.63, 3.8) is 0 Å². The fourth-order valence-corrected chi connectivity index (χ4v) is 3.77. The maximum atomic E-state index is 12.2. The molecular weight excluding hydrogens is 460 g/mol. The van der Waals surface area contributed by atoms with Crippen molar-refractivity contribution in [2.75, 3.05) is 26.4 Å². The molecule has 0 aliphatic rings. The molecule has 0 aliphatic heterocycles. The van der Waals surface area contributed by atoms with E-state index in [1.807, 2.05) is 0 Å². The summed E-state index contributed by atoms with van der Waals surface area (Å²) in [5, 5.41) is 9.85. The molecule has 7 heteroatoms. The third kappa shape index (κ3) is 19.1. The first-order valence-corrected chi connectivity index (χ1v) is 13.8. The van der Waals surface area contributed by atoms with Gasteiger partial charge in [0.2, 0.25) is 0 Å². The normalized spacial score (nSPS) is 11.1. The number of aliphatic hydroxyl groups excluding tert-OH is 1. The largest absolute Gasteiger partial charge is 0.465 e. The van der Waals surface area contributed by atoms with Gasteiger partial charge >= 0.3 is 17.9 Å². The van der Waals surface area contributed by atoms with Gasteiger partial charge in [-0.2, -0.15) is 0 Å². The van der Waals surface area contributed by atoms with Gasteiger partial charge in [-0.15, -0.1) is 0 Å². The molecule has 0 radical (unpaired) electrons. The molecule has 0 saturated heterocycles. The minimum absolute atomic E-state index is 0.240. The Bertz CT molecular complexity index is 591. The number of rotatable bonds is 25. The van der Waals surface area contributed by atoms with Crippen LogP contribution in [0.5, 0.6) is 0 Å². The minimum Gasteiger partial charge on any atom is -0.465 e. The van der Waals surface area contributed by atoms with Crippen LogP contribution in [0.2, 0.25) is 0 Å². The Balaban J connectivity index is 3.98. The summed E-state index contributed by atoms with van der Waals surface area (Å²) in [5.74, 6) is -1.77. The molecule has 0 fully saturated rings. The van der Waals surface area contributed by atoms with Crippen LogP contribution < -0.4 is 0 Å². The first-order chi connectivity index (χ1) is 17.4. The topological polar surface area (TPSA) is 99.1 Å². The van der Waals surface area contributed by atoms with E-state index in [4.69, 9.17) is 14.2 Å². The van der Waals surface area contributed by atoms with Crippen molar-refractivity contribution in [2.24, 2.45) is 5.41 Å². The van der Waals surface area contributed by atoms with Crippen LogP contribution in [0.4, 0.5) is 0 Å². The van der Waals surface area contributed by atoms with Gasteiger partial charge in [0.25, 0.3) is 0 Å². The van der Waals surface area contributed by atoms with Gasteiger partial charge in [0, 0.05) is 18.6 Å². The summed E-state index contributed by atoms with van der Waals surface area (Å²) >= 11 is 0. The van der Waals surface area contributed by atoms with Gasteiger partial charge in [-0.1, -0.05) is 110 Å². The number of hydrogen-bond donors (Lipinski definition) is 1. The lowest BCUT2D eigenvalue weighted by molar-refractivity contribution is -0.161. The van der Waals surface area contributed by atoms with Crippen LogP contribution in [0.1, 0.15) is 110 Å². The number of aliphatic hydroxyl groups is 1. The zero-order chi connectivity index (χ0) is 26.9. The average Bonchev–Trinajstić information content (AvgIpc) is 2.90. The summed E-state index contributed by atoms with van der Waals surface area (Å²) in [6.45, 7) is 7.57. The van der Waals surface area contributed by atoms with E-state index in [0.717, 1.165) is 31.4 Å². The highest BCUT2D eigenvalue weighted by atomic mass is 16.6. The second-order valence-electron chi connectivity index (χ2n) is 9.64. The van der Waals surface area contributed by atoms with Crippen LogP contribution >= 0.6 is 0 Å². The van der Waals surface area contributed by atoms with Crippen LogP contribution in [0.25, 0.3) is 0 Å². The molecule has 0 saturated carbocycles. The lowest BCUT2D eigenvalue weighted by Gasteiger charge is -2.29. The monoisotopic (exact) mass is 510 g/mol. The summed E-state index contributed by atoms with van der Waals surface area (Å²) in [4.78, 5) is 35.0. The van der Waals surface area contributed by atoms with E-state index in [0.29, 0.717) is 0 Å². The molecule has 0 atom stereocenters. The quantitative estimate of drug-likeness (QED) is 0.0673. The van der Waals surface area contributed by atoms with E-state index < -0.39 is 29.9 Å². The van der Waals surface area contributed by atoms with E-state index in [2.05, 4.69) is 20.1 Å². The molecular formula is C29H50O7. The van der Waals surface area contributed by atoms with Crippen LogP contribution in [0.15, 0.2) is 25.3 Å². The van der Waals surface area contributed by atoms with Gasteiger partial charge in [0.15, 0.2) is 0 Å². The summed E-state index contributed by atoms with van der Waals surface area (Å²) in [6.07, 6.45) is 21.0. The average molecular weight is 511 g/mol. The highest BCUT2D eigenvalue weighted by Gasteiger charge is 2.35. The predicted octanol–water partition coefficient (Wildman–Crippen LogP) is 6.23. The predicted molar refractivity (Wildman–Crippen MR) is 142 cm³/mol. The van der Waals surface area contributed by atoms with Crippen molar-refractivity contribution in [1.29, 1.82) is 0 Å². The Labute approximate surface area is 218 Å². The Hall–Kier alpha value is -2.15. The number of carbonyl (C=O) groups excluding carboxylic acids is 3. The Kier molecular flexibility index (Phi) is 21.9. The zero-order valence-electron chi connectivity index (χ0n) is 22.6. The number of esters is 3. The molecule has 0 unspecified atom stereocenters.